The van der Waals surface area contributed by atoms with Crippen molar-refractivity contribution in [3.05, 3.63) is 88.8 Å². The van der Waals surface area contributed by atoms with Crippen LogP contribution in [0.3, 0.4) is 0 Å². The molecule has 2 fully saturated rings. The Morgan fingerprint density at radius 3 is 1.71 bits per heavy atom. The summed E-state index contributed by atoms with van der Waals surface area (Å²) in [6.07, 6.45) is 15.1. The molecular weight excluding hydrogens is 709 g/mol. The highest BCUT2D eigenvalue weighted by molar-refractivity contribution is 5.82. The average Bonchev–Trinajstić information content (AvgIpc) is 3.94. The summed E-state index contributed by atoms with van der Waals surface area (Å²) < 4.78 is 9.27. The highest BCUT2D eigenvalue weighted by Crippen LogP contribution is 2.41. The van der Waals surface area contributed by atoms with Crippen LogP contribution in [-0.4, -0.2) is 45.6 Å². The van der Waals surface area contributed by atoms with E-state index < -0.39 is 11.2 Å². The van der Waals surface area contributed by atoms with Gasteiger partial charge in [0.25, 0.3) is 0 Å². The third-order valence-corrected chi connectivity index (χ3v) is 10.8. The first-order valence-corrected chi connectivity index (χ1v) is 19.8. The van der Waals surface area contributed by atoms with Crippen LogP contribution in [0.1, 0.15) is 123 Å². The van der Waals surface area contributed by atoms with Gasteiger partial charge in [0.1, 0.15) is 23.3 Å². The largest absolute Gasteiger partial charge is 0.434 e. The number of nitrogens with one attached hydrogen (secondary N) is 4. The van der Waals surface area contributed by atoms with E-state index in [1.807, 2.05) is 57.9 Å². The van der Waals surface area contributed by atoms with Gasteiger partial charge in [0, 0.05) is 36.4 Å². The third-order valence-electron chi connectivity index (χ3n) is 10.8. The smallest absolute Gasteiger partial charge is 0.392 e. The number of anilines is 4. The van der Waals surface area contributed by atoms with Crippen LogP contribution in [0.2, 0.25) is 0 Å². The lowest BCUT2D eigenvalue weighted by Gasteiger charge is -2.35. The van der Waals surface area contributed by atoms with Gasteiger partial charge in [0.05, 0.1) is 34.3 Å². The van der Waals surface area contributed by atoms with Crippen molar-refractivity contribution in [2.45, 2.75) is 135 Å². The standard InChI is InChI=1S/C21H28N6O2.C20H30N6O/c1-20(2,3)27-17(10-13-22-27)24-16-9-7-8-15(23-16)14-21(11-5-4-6-12-21)18-25-26-19(28)29-18;1-19(2,3)26-17(10-13-22-26)24-16-9-7-8-15(23-16)14-20(18(27)25-21)11-5-4-6-12-20/h7-10,13H,4-6,11-12,14H2,1-3H3,(H,23,24)(H,26,28);7-10,13H,4-6,11-12,14,21H2,1-3H3,(H,23,24)(H,25,27). The van der Waals surface area contributed by atoms with Crippen molar-refractivity contribution in [1.82, 2.24) is 45.2 Å². The van der Waals surface area contributed by atoms with Crippen molar-refractivity contribution in [3.63, 3.8) is 0 Å². The van der Waals surface area contributed by atoms with Gasteiger partial charge in [0.2, 0.25) is 11.8 Å². The Labute approximate surface area is 328 Å². The Hall–Kier alpha value is -5.31. The van der Waals surface area contributed by atoms with Crippen molar-refractivity contribution >= 4 is 29.2 Å². The SMILES string of the molecule is CC(C)(C)n1nccc1Nc1cccc(CC2(C(=O)NN)CCCCC2)n1.CC(C)(C)n1nccc1Nc1cccc(CC2(c3n[nH]c(=O)o3)CCCCC2)n1. The lowest BCUT2D eigenvalue weighted by atomic mass is 9.70. The molecule has 15 nitrogen and oxygen atoms in total. The zero-order valence-electron chi connectivity index (χ0n) is 33.7. The molecule has 5 aromatic rings. The molecule has 2 saturated carbocycles. The number of amides is 1. The van der Waals surface area contributed by atoms with E-state index in [2.05, 4.69) is 78.0 Å². The summed E-state index contributed by atoms with van der Waals surface area (Å²) in [6.45, 7) is 12.6. The maximum Gasteiger partial charge on any atom is 0.434 e. The van der Waals surface area contributed by atoms with E-state index >= 15 is 0 Å². The number of carbonyl (C=O) groups excluding carboxylic acids is 1. The van der Waals surface area contributed by atoms with E-state index in [4.69, 9.17) is 20.2 Å². The van der Waals surface area contributed by atoms with Gasteiger partial charge in [-0.15, -0.1) is 5.10 Å². The van der Waals surface area contributed by atoms with Gasteiger partial charge >= 0.3 is 5.76 Å². The predicted octanol–water partition coefficient (Wildman–Crippen LogP) is 7.16. The molecule has 0 aliphatic heterocycles. The Kier molecular flexibility index (Phi) is 12.1. The summed E-state index contributed by atoms with van der Waals surface area (Å²) in [4.78, 5) is 33.6. The van der Waals surface area contributed by atoms with Gasteiger partial charge in [0.15, 0.2) is 0 Å². The lowest BCUT2D eigenvalue weighted by molar-refractivity contribution is -0.133. The Bertz CT molecular complexity index is 2100. The first-order chi connectivity index (χ1) is 26.7. The quantitative estimate of drug-likeness (QED) is 0.0549. The molecule has 15 heteroatoms. The topological polar surface area (TPSA) is 199 Å². The normalized spacial score (nSPS) is 16.7. The number of hydrazine groups is 1. The number of hydrogen-bond donors (Lipinski definition) is 5. The molecule has 300 valence electrons. The highest BCUT2D eigenvalue weighted by atomic mass is 16.4. The number of hydrogen-bond acceptors (Lipinski definition) is 11. The van der Waals surface area contributed by atoms with E-state index in [1.54, 1.807) is 12.4 Å². The number of rotatable bonds is 10. The molecule has 7 rings (SSSR count). The minimum atomic E-state index is -0.497. The summed E-state index contributed by atoms with van der Waals surface area (Å²) in [5.74, 6) is 8.71. The molecular formula is C41H58N12O3. The zero-order valence-corrected chi connectivity index (χ0v) is 33.7. The number of carbonyl (C=O) groups is 1. The molecule has 0 unspecified atom stereocenters. The molecule has 6 N–H and O–H groups in total. The second-order valence-corrected chi connectivity index (χ2v) is 17.3. The monoisotopic (exact) mass is 766 g/mol. The van der Waals surface area contributed by atoms with Gasteiger partial charge in [-0.05, 0) is 91.5 Å². The van der Waals surface area contributed by atoms with Crippen LogP contribution in [0.4, 0.5) is 23.3 Å². The van der Waals surface area contributed by atoms with Crippen molar-refractivity contribution < 1.29 is 9.21 Å². The minimum Gasteiger partial charge on any atom is -0.392 e. The van der Waals surface area contributed by atoms with Gasteiger partial charge < -0.3 is 15.1 Å². The van der Waals surface area contributed by atoms with Crippen LogP contribution in [0.5, 0.6) is 0 Å². The molecule has 0 bridgehead atoms. The molecule has 5 heterocycles. The van der Waals surface area contributed by atoms with E-state index in [9.17, 15) is 9.59 Å². The van der Waals surface area contributed by atoms with Crippen LogP contribution >= 0.6 is 0 Å². The van der Waals surface area contributed by atoms with Crippen LogP contribution in [0.25, 0.3) is 0 Å². The molecule has 0 radical (unpaired) electrons. The Morgan fingerprint density at radius 2 is 1.25 bits per heavy atom. The molecule has 5 aromatic heterocycles. The van der Waals surface area contributed by atoms with Crippen molar-refractivity contribution in [1.29, 1.82) is 0 Å². The van der Waals surface area contributed by atoms with Crippen LogP contribution in [0, 0.1) is 5.41 Å². The third kappa shape index (κ3) is 9.55. The summed E-state index contributed by atoms with van der Waals surface area (Å²) in [7, 11) is 0. The fourth-order valence-electron chi connectivity index (χ4n) is 8.13. The molecule has 2 aliphatic rings. The minimum absolute atomic E-state index is 0.0758. The van der Waals surface area contributed by atoms with E-state index in [1.165, 1.54) is 12.8 Å². The Morgan fingerprint density at radius 1 is 0.750 bits per heavy atom. The van der Waals surface area contributed by atoms with Crippen molar-refractivity contribution in [3.8, 4) is 0 Å². The van der Waals surface area contributed by atoms with Gasteiger partial charge in [-0.1, -0.05) is 50.7 Å². The number of aromatic amines is 1. The molecule has 0 saturated heterocycles. The van der Waals surface area contributed by atoms with Crippen molar-refractivity contribution in [2.24, 2.45) is 11.3 Å². The fourth-order valence-corrected chi connectivity index (χ4v) is 8.13. The number of nitrogens with two attached hydrogens (primary N) is 1. The number of H-pyrrole nitrogens is 1. The van der Waals surface area contributed by atoms with Crippen LogP contribution in [0.15, 0.2) is 70.1 Å². The van der Waals surface area contributed by atoms with E-state index in [0.717, 1.165) is 86.0 Å². The summed E-state index contributed by atoms with van der Waals surface area (Å²) >= 11 is 0. The molecule has 0 atom stereocenters. The van der Waals surface area contributed by atoms with Crippen LogP contribution in [-0.2, 0) is 34.1 Å². The fraction of sp³-hybridized carbons (Fsp3) is 0.537. The lowest BCUT2D eigenvalue weighted by Crippen LogP contribution is -2.46. The number of aromatic nitrogens is 8. The Balaban J connectivity index is 0.000000190. The molecule has 56 heavy (non-hydrogen) atoms. The second-order valence-electron chi connectivity index (χ2n) is 17.3. The van der Waals surface area contributed by atoms with Crippen LogP contribution < -0.4 is 27.7 Å². The summed E-state index contributed by atoms with van der Waals surface area (Å²) in [5.41, 5.74) is 3.22. The average molecular weight is 767 g/mol. The molecule has 0 spiro atoms. The molecule has 2 aliphatic carbocycles. The summed E-state index contributed by atoms with van der Waals surface area (Å²) in [5, 5.41) is 22.2. The van der Waals surface area contributed by atoms with E-state index in [0.29, 0.717) is 18.7 Å². The predicted molar refractivity (Wildman–Crippen MR) is 217 cm³/mol. The number of nitrogens with zero attached hydrogens (tertiary/aromatic N) is 7. The second kappa shape index (κ2) is 16.8. The number of pyridine rings is 2. The summed E-state index contributed by atoms with van der Waals surface area (Å²) in [6, 6.07) is 15.7. The first kappa shape index (κ1) is 40.4. The van der Waals surface area contributed by atoms with Gasteiger partial charge in [-0.25, -0.2) is 35.1 Å². The highest BCUT2D eigenvalue weighted by Gasteiger charge is 2.40. The first-order valence-electron chi connectivity index (χ1n) is 19.8. The van der Waals surface area contributed by atoms with E-state index in [-0.39, 0.29) is 22.4 Å². The van der Waals surface area contributed by atoms with Gasteiger partial charge in [-0.2, -0.15) is 10.2 Å². The molecule has 1 amide bonds. The van der Waals surface area contributed by atoms with Gasteiger partial charge in [-0.3, -0.25) is 10.2 Å². The maximum atomic E-state index is 12.5. The maximum absolute atomic E-state index is 12.5. The zero-order chi connectivity index (χ0) is 40.0. The molecule has 0 aromatic carbocycles. The van der Waals surface area contributed by atoms with Crippen molar-refractivity contribution in [2.75, 3.05) is 10.6 Å².